The molecule has 1 aromatic rings. The molecule has 0 amide bonds. The second-order valence-electron chi connectivity index (χ2n) is 5.53. The van der Waals surface area contributed by atoms with Crippen LogP contribution in [0.15, 0.2) is 24.3 Å². The molecule has 3 heteroatoms. The molecule has 1 aliphatic rings. The van der Waals surface area contributed by atoms with Crippen LogP contribution < -0.4 is 11.1 Å². The lowest BCUT2D eigenvalue weighted by molar-refractivity contribution is 0.130. The topological polar surface area (TPSA) is 38.0 Å². The van der Waals surface area contributed by atoms with Gasteiger partial charge in [-0.1, -0.05) is 19.9 Å². The molecule has 0 spiro atoms. The number of benzene rings is 1. The zero-order valence-electron chi connectivity index (χ0n) is 10.5. The van der Waals surface area contributed by atoms with Gasteiger partial charge in [-0.2, -0.15) is 0 Å². The van der Waals surface area contributed by atoms with Crippen LogP contribution in [0.1, 0.15) is 26.7 Å². The molecule has 0 atom stereocenters. The Morgan fingerprint density at radius 2 is 2.18 bits per heavy atom. The van der Waals surface area contributed by atoms with Gasteiger partial charge in [0.2, 0.25) is 0 Å². The fraction of sp³-hybridized carbons (Fsp3) is 0.571. The summed E-state index contributed by atoms with van der Waals surface area (Å²) >= 11 is 0. The Morgan fingerprint density at radius 1 is 1.47 bits per heavy atom. The summed E-state index contributed by atoms with van der Waals surface area (Å²) in [4.78, 5) is 0. The van der Waals surface area contributed by atoms with Crippen LogP contribution >= 0.6 is 0 Å². The molecule has 0 unspecified atom stereocenters. The normalized spacial score (nSPS) is 27.9. The van der Waals surface area contributed by atoms with E-state index < -0.39 is 0 Å². The van der Waals surface area contributed by atoms with Gasteiger partial charge in [0.15, 0.2) is 0 Å². The van der Waals surface area contributed by atoms with Crippen molar-refractivity contribution in [2.24, 2.45) is 17.6 Å². The molecule has 2 rings (SSSR count). The maximum atomic E-state index is 13.1. The highest BCUT2D eigenvalue weighted by Crippen LogP contribution is 2.43. The number of hydrogen-bond donors (Lipinski definition) is 2. The highest BCUT2D eigenvalue weighted by Gasteiger charge is 2.44. The average molecular weight is 236 g/mol. The smallest absolute Gasteiger partial charge is 0.125 e. The molecule has 1 saturated carbocycles. The summed E-state index contributed by atoms with van der Waals surface area (Å²) in [6.07, 6.45) is 2.16. The van der Waals surface area contributed by atoms with Gasteiger partial charge in [0.05, 0.1) is 5.54 Å². The Morgan fingerprint density at radius 3 is 2.71 bits per heavy atom. The maximum absolute atomic E-state index is 13.1. The van der Waals surface area contributed by atoms with E-state index in [2.05, 4.69) is 19.2 Å². The van der Waals surface area contributed by atoms with Crippen molar-refractivity contribution in [1.82, 2.24) is 0 Å². The van der Waals surface area contributed by atoms with Crippen molar-refractivity contribution in [3.63, 3.8) is 0 Å². The van der Waals surface area contributed by atoms with Gasteiger partial charge < -0.3 is 11.1 Å². The summed E-state index contributed by atoms with van der Waals surface area (Å²) in [7, 11) is 0. The van der Waals surface area contributed by atoms with Gasteiger partial charge in [-0.25, -0.2) is 4.39 Å². The van der Waals surface area contributed by atoms with Crippen LogP contribution in [0.5, 0.6) is 0 Å². The largest absolute Gasteiger partial charge is 0.378 e. The molecule has 1 fully saturated rings. The highest BCUT2D eigenvalue weighted by atomic mass is 19.1. The lowest BCUT2D eigenvalue weighted by Crippen LogP contribution is -2.56. The van der Waals surface area contributed by atoms with Crippen LogP contribution in [0, 0.1) is 17.7 Å². The van der Waals surface area contributed by atoms with Crippen LogP contribution in [0.4, 0.5) is 10.1 Å². The molecule has 0 aromatic heterocycles. The summed E-state index contributed by atoms with van der Waals surface area (Å²) in [6.45, 7) is 5.09. The molecular weight excluding hydrogens is 215 g/mol. The zero-order chi connectivity index (χ0) is 12.5. The van der Waals surface area contributed by atoms with E-state index in [0.29, 0.717) is 12.5 Å². The van der Waals surface area contributed by atoms with Gasteiger partial charge in [-0.15, -0.1) is 0 Å². The third-order valence-corrected chi connectivity index (χ3v) is 3.87. The first kappa shape index (κ1) is 12.4. The standard InChI is InChI=1S/C14H21FN2/c1-10(2)11-7-14(8-11,9-16)17-13-5-3-4-12(15)6-13/h3-6,10-11,17H,7-9,16H2,1-2H3. The number of rotatable bonds is 4. The van der Waals surface area contributed by atoms with Gasteiger partial charge in [0.25, 0.3) is 0 Å². The third kappa shape index (κ3) is 2.60. The summed E-state index contributed by atoms with van der Waals surface area (Å²) < 4.78 is 13.1. The van der Waals surface area contributed by atoms with Crippen molar-refractivity contribution >= 4 is 5.69 Å². The fourth-order valence-corrected chi connectivity index (χ4v) is 2.61. The van der Waals surface area contributed by atoms with E-state index in [1.165, 1.54) is 12.1 Å². The summed E-state index contributed by atoms with van der Waals surface area (Å²) in [6, 6.07) is 6.60. The Labute approximate surface area is 102 Å². The second kappa shape index (κ2) is 4.65. The highest BCUT2D eigenvalue weighted by molar-refractivity contribution is 5.46. The molecule has 3 N–H and O–H groups in total. The van der Waals surface area contributed by atoms with E-state index in [4.69, 9.17) is 5.73 Å². The van der Waals surface area contributed by atoms with E-state index in [0.717, 1.165) is 24.4 Å². The van der Waals surface area contributed by atoms with E-state index in [1.807, 2.05) is 6.07 Å². The fourth-order valence-electron chi connectivity index (χ4n) is 2.61. The molecule has 0 saturated heterocycles. The van der Waals surface area contributed by atoms with E-state index in [-0.39, 0.29) is 11.4 Å². The molecule has 0 bridgehead atoms. The molecule has 94 valence electrons. The van der Waals surface area contributed by atoms with Crippen molar-refractivity contribution in [2.45, 2.75) is 32.2 Å². The van der Waals surface area contributed by atoms with E-state index >= 15 is 0 Å². The maximum Gasteiger partial charge on any atom is 0.125 e. The zero-order valence-corrected chi connectivity index (χ0v) is 10.5. The first-order valence-electron chi connectivity index (χ1n) is 6.28. The van der Waals surface area contributed by atoms with Crippen LogP contribution in [0.25, 0.3) is 0 Å². The first-order valence-corrected chi connectivity index (χ1v) is 6.28. The van der Waals surface area contributed by atoms with Crippen LogP contribution in [-0.4, -0.2) is 12.1 Å². The van der Waals surface area contributed by atoms with Gasteiger partial charge >= 0.3 is 0 Å². The molecule has 0 aliphatic heterocycles. The van der Waals surface area contributed by atoms with Crippen LogP contribution in [-0.2, 0) is 0 Å². The quantitative estimate of drug-likeness (QED) is 0.843. The Hall–Kier alpha value is -1.09. The summed E-state index contributed by atoms with van der Waals surface area (Å²) in [5.74, 6) is 1.23. The molecule has 0 radical (unpaired) electrons. The minimum atomic E-state index is -0.207. The SMILES string of the molecule is CC(C)C1CC(CN)(Nc2cccc(F)c2)C1. The first-order chi connectivity index (χ1) is 8.04. The summed E-state index contributed by atoms with van der Waals surface area (Å²) in [5.41, 5.74) is 6.67. The van der Waals surface area contributed by atoms with Crippen molar-refractivity contribution in [3.8, 4) is 0 Å². The number of nitrogens with one attached hydrogen (secondary N) is 1. The average Bonchev–Trinajstić information content (AvgIpc) is 2.22. The minimum absolute atomic E-state index is 0.0251. The van der Waals surface area contributed by atoms with Crippen molar-refractivity contribution in [1.29, 1.82) is 0 Å². The lowest BCUT2D eigenvalue weighted by Gasteiger charge is -2.50. The second-order valence-corrected chi connectivity index (χ2v) is 5.53. The molecular formula is C14H21FN2. The molecule has 2 nitrogen and oxygen atoms in total. The molecule has 1 aliphatic carbocycles. The summed E-state index contributed by atoms with van der Waals surface area (Å²) in [5, 5.41) is 3.40. The monoisotopic (exact) mass is 236 g/mol. The Bertz CT molecular complexity index is 384. The molecule has 1 aromatic carbocycles. The van der Waals surface area contributed by atoms with E-state index in [1.54, 1.807) is 6.07 Å². The van der Waals surface area contributed by atoms with Crippen molar-refractivity contribution in [3.05, 3.63) is 30.1 Å². The van der Waals surface area contributed by atoms with Gasteiger partial charge in [0.1, 0.15) is 5.82 Å². The van der Waals surface area contributed by atoms with Crippen LogP contribution in [0.2, 0.25) is 0 Å². The predicted octanol–water partition coefficient (Wildman–Crippen LogP) is 3.00. The van der Waals surface area contributed by atoms with Crippen molar-refractivity contribution < 1.29 is 4.39 Å². The number of anilines is 1. The van der Waals surface area contributed by atoms with Gasteiger partial charge in [-0.05, 0) is 42.9 Å². The molecule has 17 heavy (non-hydrogen) atoms. The number of nitrogens with two attached hydrogens (primary N) is 1. The Kier molecular flexibility index (Phi) is 3.38. The molecule has 0 heterocycles. The Balaban J connectivity index is 2.02. The number of hydrogen-bond acceptors (Lipinski definition) is 2. The third-order valence-electron chi connectivity index (χ3n) is 3.87. The van der Waals surface area contributed by atoms with Gasteiger partial charge in [-0.3, -0.25) is 0 Å². The predicted molar refractivity (Wildman–Crippen MR) is 69.4 cm³/mol. The minimum Gasteiger partial charge on any atom is -0.378 e. The number of halogens is 1. The van der Waals surface area contributed by atoms with Crippen LogP contribution in [0.3, 0.4) is 0 Å². The van der Waals surface area contributed by atoms with Crippen molar-refractivity contribution in [2.75, 3.05) is 11.9 Å². The van der Waals surface area contributed by atoms with E-state index in [9.17, 15) is 4.39 Å². The lowest BCUT2D eigenvalue weighted by atomic mass is 9.64. The van der Waals surface area contributed by atoms with Gasteiger partial charge in [0, 0.05) is 12.2 Å².